The summed E-state index contributed by atoms with van der Waals surface area (Å²) >= 11 is 1.71. The van der Waals surface area contributed by atoms with E-state index in [2.05, 4.69) is 20.2 Å². The Morgan fingerprint density at radius 3 is 2.78 bits per heavy atom. The largest absolute Gasteiger partial charge is 0.464 e. The van der Waals surface area contributed by atoms with E-state index < -0.39 is 0 Å². The van der Waals surface area contributed by atoms with Crippen molar-refractivity contribution in [3.8, 4) is 0 Å². The second-order valence-corrected chi connectivity index (χ2v) is 8.49. The Morgan fingerprint density at radius 2 is 2.11 bits per heavy atom. The van der Waals surface area contributed by atoms with Crippen molar-refractivity contribution in [2.45, 2.75) is 45.7 Å². The van der Waals surface area contributed by atoms with E-state index in [0.717, 1.165) is 67.8 Å². The van der Waals surface area contributed by atoms with E-state index in [4.69, 9.17) is 4.42 Å². The number of rotatable bonds is 6. The van der Waals surface area contributed by atoms with Crippen LogP contribution in [0.25, 0.3) is 0 Å². The van der Waals surface area contributed by atoms with Crippen LogP contribution in [0.3, 0.4) is 0 Å². The molecular formula is C20H28N4O2S. The smallest absolute Gasteiger partial charge is 0.237 e. The van der Waals surface area contributed by atoms with Gasteiger partial charge in [0.1, 0.15) is 11.5 Å². The maximum absolute atomic E-state index is 13.0. The quantitative estimate of drug-likeness (QED) is 0.761. The van der Waals surface area contributed by atoms with Crippen LogP contribution < -0.4 is 4.90 Å². The molecule has 0 radical (unpaired) electrons. The summed E-state index contributed by atoms with van der Waals surface area (Å²) in [5, 5.41) is 3.21. The lowest BCUT2D eigenvalue weighted by Gasteiger charge is -2.26. The van der Waals surface area contributed by atoms with Crippen LogP contribution in [0.15, 0.2) is 21.9 Å². The Hall–Kier alpha value is -1.86. The average molecular weight is 389 g/mol. The molecule has 146 valence electrons. The number of aryl methyl sites for hydroxylation is 2. The van der Waals surface area contributed by atoms with Crippen LogP contribution in [-0.4, -0.2) is 59.5 Å². The second-order valence-electron chi connectivity index (χ2n) is 7.65. The second kappa shape index (κ2) is 8.02. The van der Waals surface area contributed by atoms with Crippen molar-refractivity contribution in [2.75, 3.05) is 37.6 Å². The minimum absolute atomic E-state index is 0.227. The predicted molar refractivity (Wildman–Crippen MR) is 107 cm³/mol. The monoisotopic (exact) mass is 388 g/mol. The lowest BCUT2D eigenvalue weighted by Crippen LogP contribution is -2.42. The normalized spacial score (nSPS) is 18.5. The Bertz CT molecular complexity index is 783. The summed E-state index contributed by atoms with van der Waals surface area (Å²) in [6.07, 6.45) is 3.29. The van der Waals surface area contributed by atoms with Gasteiger partial charge in [0.25, 0.3) is 0 Å². The lowest BCUT2D eigenvalue weighted by molar-refractivity contribution is -0.133. The first-order valence-electron chi connectivity index (χ1n) is 9.83. The lowest BCUT2D eigenvalue weighted by atomic mass is 10.3. The van der Waals surface area contributed by atoms with Crippen molar-refractivity contribution in [1.29, 1.82) is 0 Å². The molecule has 7 heteroatoms. The van der Waals surface area contributed by atoms with Gasteiger partial charge in [0.2, 0.25) is 5.91 Å². The number of aromatic nitrogens is 1. The summed E-state index contributed by atoms with van der Waals surface area (Å²) in [7, 11) is 0. The van der Waals surface area contributed by atoms with E-state index >= 15 is 0 Å². The first-order valence-corrected chi connectivity index (χ1v) is 10.7. The number of carbonyl (C=O) groups is 1. The molecule has 0 aromatic carbocycles. The fourth-order valence-corrected chi connectivity index (χ4v) is 4.49. The van der Waals surface area contributed by atoms with E-state index in [1.807, 2.05) is 30.9 Å². The topological polar surface area (TPSA) is 52.8 Å². The van der Waals surface area contributed by atoms with Crippen LogP contribution in [0.2, 0.25) is 0 Å². The SMILES string of the molecule is Cc1csc(N2CCCN(CC(=O)N(Cc3ccc(C)o3)C3CC3)CC2)n1. The van der Waals surface area contributed by atoms with Gasteiger partial charge in [-0.25, -0.2) is 4.98 Å². The number of carbonyl (C=O) groups excluding carboxylic acids is 1. The third-order valence-corrected chi connectivity index (χ3v) is 6.27. The Balaban J connectivity index is 1.34. The first kappa shape index (κ1) is 18.5. The Kier molecular flexibility index (Phi) is 5.50. The number of hydrogen-bond donors (Lipinski definition) is 0. The molecular weight excluding hydrogens is 360 g/mol. The van der Waals surface area contributed by atoms with Gasteiger partial charge in [-0.05, 0) is 45.2 Å². The molecule has 6 nitrogen and oxygen atoms in total. The molecule has 0 bridgehead atoms. The van der Waals surface area contributed by atoms with E-state index in [1.165, 1.54) is 0 Å². The first-order chi connectivity index (χ1) is 13.1. The molecule has 1 amide bonds. The number of anilines is 1. The highest BCUT2D eigenvalue weighted by Crippen LogP contribution is 2.29. The molecule has 2 aliphatic rings. The van der Waals surface area contributed by atoms with Crippen LogP contribution >= 0.6 is 11.3 Å². The molecule has 2 aromatic rings. The highest BCUT2D eigenvalue weighted by Gasteiger charge is 2.34. The van der Waals surface area contributed by atoms with Crippen LogP contribution in [0, 0.1) is 13.8 Å². The molecule has 2 aromatic heterocycles. The number of nitrogens with zero attached hydrogens (tertiary/aromatic N) is 4. The van der Waals surface area contributed by atoms with Crippen molar-refractivity contribution in [3.63, 3.8) is 0 Å². The van der Waals surface area contributed by atoms with Crippen molar-refractivity contribution in [2.24, 2.45) is 0 Å². The van der Waals surface area contributed by atoms with Crippen LogP contribution in [0.1, 0.15) is 36.5 Å². The van der Waals surface area contributed by atoms with Crippen molar-refractivity contribution >= 4 is 22.4 Å². The summed E-state index contributed by atoms with van der Waals surface area (Å²) in [4.78, 5) is 24.3. The van der Waals surface area contributed by atoms with E-state index in [-0.39, 0.29) is 5.91 Å². The number of furan rings is 1. The summed E-state index contributed by atoms with van der Waals surface area (Å²) in [5.74, 6) is 2.01. The molecule has 1 saturated carbocycles. The molecule has 0 N–H and O–H groups in total. The fraction of sp³-hybridized carbons (Fsp3) is 0.600. The average Bonchev–Trinajstić information content (AvgIpc) is 3.33. The highest BCUT2D eigenvalue weighted by molar-refractivity contribution is 7.13. The Labute approximate surface area is 164 Å². The van der Waals surface area contributed by atoms with Gasteiger partial charge in [-0.2, -0.15) is 0 Å². The summed E-state index contributed by atoms with van der Waals surface area (Å²) in [6.45, 7) is 8.89. The zero-order chi connectivity index (χ0) is 18.8. The summed E-state index contributed by atoms with van der Waals surface area (Å²) in [5.41, 5.74) is 1.08. The third-order valence-electron chi connectivity index (χ3n) is 5.25. The molecule has 0 spiro atoms. The molecule has 1 saturated heterocycles. The van der Waals surface area contributed by atoms with Crippen LogP contribution in [0.4, 0.5) is 5.13 Å². The van der Waals surface area contributed by atoms with Crippen molar-refractivity contribution < 1.29 is 9.21 Å². The van der Waals surface area contributed by atoms with E-state index in [1.54, 1.807) is 11.3 Å². The highest BCUT2D eigenvalue weighted by atomic mass is 32.1. The van der Waals surface area contributed by atoms with Gasteiger partial charge in [-0.1, -0.05) is 0 Å². The van der Waals surface area contributed by atoms with Crippen LogP contribution in [0.5, 0.6) is 0 Å². The van der Waals surface area contributed by atoms with E-state index in [9.17, 15) is 4.79 Å². The van der Waals surface area contributed by atoms with Gasteiger partial charge in [0.15, 0.2) is 5.13 Å². The zero-order valence-corrected chi connectivity index (χ0v) is 17.0. The fourth-order valence-electron chi connectivity index (χ4n) is 3.63. The number of thiazole rings is 1. The molecule has 0 unspecified atom stereocenters. The van der Waals surface area contributed by atoms with E-state index in [0.29, 0.717) is 19.1 Å². The third kappa shape index (κ3) is 4.71. The molecule has 0 atom stereocenters. The number of hydrogen-bond acceptors (Lipinski definition) is 6. The van der Waals surface area contributed by atoms with Crippen molar-refractivity contribution in [1.82, 2.24) is 14.8 Å². The minimum atomic E-state index is 0.227. The molecule has 3 heterocycles. The maximum Gasteiger partial charge on any atom is 0.237 e. The van der Waals surface area contributed by atoms with Gasteiger partial charge in [-0.3, -0.25) is 9.69 Å². The molecule has 4 rings (SSSR count). The van der Waals surface area contributed by atoms with Gasteiger partial charge in [0, 0.05) is 37.6 Å². The molecule has 2 fully saturated rings. The van der Waals surface area contributed by atoms with Gasteiger partial charge < -0.3 is 14.2 Å². The van der Waals surface area contributed by atoms with Gasteiger partial charge in [0.05, 0.1) is 18.8 Å². The summed E-state index contributed by atoms with van der Waals surface area (Å²) in [6, 6.07) is 4.34. The van der Waals surface area contributed by atoms with Gasteiger partial charge in [-0.15, -0.1) is 11.3 Å². The zero-order valence-electron chi connectivity index (χ0n) is 16.2. The van der Waals surface area contributed by atoms with Gasteiger partial charge >= 0.3 is 0 Å². The minimum Gasteiger partial charge on any atom is -0.464 e. The number of amides is 1. The summed E-state index contributed by atoms with van der Waals surface area (Å²) < 4.78 is 5.70. The van der Waals surface area contributed by atoms with Crippen molar-refractivity contribution in [3.05, 3.63) is 34.7 Å². The maximum atomic E-state index is 13.0. The Morgan fingerprint density at radius 1 is 1.26 bits per heavy atom. The molecule has 1 aliphatic carbocycles. The predicted octanol–water partition coefficient (Wildman–Crippen LogP) is 3.06. The molecule has 27 heavy (non-hydrogen) atoms. The molecule has 1 aliphatic heterocycles. The standard InChI is InChI=1S/C20H28N4O2S/c1-15-14-27-20(21-15)23-9-3-8-22(10-11-23)13-19(25)24(17-5-6-17)12-18-7-4-16(2)26-18/h4,7,14,17H,3,5-6,8-13H2,1-2H3. The van der Waals surface area contributed by atoms with Crippen LogP contribution in [-0.2, 0) is 11.3 Å².